The van der Waals surface area contributed by atoms with E-state index >= 15 is 0 Å². The third-order valence-electron chi connectivity index (χ3n) is 4.56. The van der Waals surface area contributed by atoms with E-state index in [1.165, 1.54) is 0 Å². The second kappa shape index (κ2) is 7.29. The van der Waals surface area contributed by atoms with Gasteiger partial charge in [-0.2, -0.15) is 5.26 Å². The first kappa shape index (κ1) is 17.4. The molecule has 0 aliphatic heterocycles. The highest BCUT2D eigenvalue weighted by Gasteiger charge is 2.19. The van der Waals surface area contributed by atoms with Crippen molar-refractivity contribution < 1.29 is 9.53 Å². The quantitative estimate of drug-likeness (QED) is 0.536. The summed E-state index contributed by atoms with van der Waals surface area (Å²) in [7, 11) is 0. The van der Waals surface area contributed by atoms with Crippen LogP contribution >= 0.6 is 0 Å². The maximum Gasteiger partial charge on any atom is 0.211 e. The van der Waals surface area contributed by atoms with Crippen LogP contribution in [0.2, 0.25) is 0 Å². The summed E-state index contributed by atoms with van der Waals surface area (Å²) in [6.07, 6.45) is 1.76. The number of hydrogen-bond donors (Lipinski definition) is 1. The van der Waals surface area contributed by atoms with Crippen molar-refractivity contribution in [2.24, 2.45) is 0 Å². The van der Waals surface area contributed by atoms with Gasteiger partial charge < -0.3 is 14.9 Å². The molecule has 0 amide bonds. The molecular formula is C23H17N3O2. The number of nitrogens with two attached hydrogens (primary N) is 1. The molecule has 0 bridgehead atoms. The fourth-order valence-electron chi connectivity index (χ4n) is 3.10. The summed E-state index contributed by atoms with van der Waals surface area (Å²) in [5.74, 6) is 0.427. The van der Waals surface area contributed by atoms with Gasteiger partial charge >= 0.3 is 0 Å². The van der Waals surface area contributed by atoms with Crippen molar-refractivity contribution in [3.63, 3.8) is 0 Å². The van der Waals surface area contributed by atoms with Crippen LogP contribution in [0.25, 0.3) is 5.52 Å². The van der Waals surface area contributed by atoms with Crippen LogP contribution in [-0.2, 0) is 6.61 Å². The van der Waals surface area contributed by atoms with E-state index in [9.17, 15) is 10.1 Å². The topological polar surface area (TPSA) is 80.5 Å². The molecule has 0 spiro atoms. The fourth-order valence-corrected chi connectivity index (χ4v) is 3.10. The molecule has 0 unspecified atom stereocenters. The Balaban J connectivity index is 1.61. The van der Waals surface area contributed by atoms with Crippen molar-refractivity contribution in [2.45, 2.75) is 6.61 Å². The molecule has 2 aromatic carbocycles. The predicted octanol–water partition coefficient (Wildman–Crippen LogP) is 4.20. The molecule has 2 heterocycles. The zero-order chi connectivity index (χ0) is 19.5. The van der Waals surface area contributed by atoms with Crippen molar-refractivity contribution in [3.8, 4) is 11.8 Å². The van der Waals surface area contributed by atoms with Crippen molar-refractivity contribution in [3.05, 3.63) is 101 Å². The summed E-state index contributed by atoms with van der Waals surface area (Å²) in [6, 6.07) is 24.2. The molecule has 0 aliphatic rings. The normalized spacial score (nSPS) is 10.5. The number of rotatable bonds is 5. The summed E-state index contributed by atoms with van der Waals surface area (Å²) >= 11 is 0. The molecular weight excluding hydrogens is 350 g/mol. The number of nitrogens with zero attached hydrogens (tertiary/aromatic N) is 2. The molecule has 0 saturated heterocycles. The van der Waals surface area contributed by atoms with Gasteiger partial charge in [-0.1, -0.05) is 30.3 Å². The van der Waals surface area contributed by atoms with Crippen molar-refractivity contribution >= 4 is 17.0 Å². The first-order valence-electron chi connectivity index (χ1n) is 8.78. The van der Waals surface area contributed by atoms with Crippen LogP contribution in [0.4, 0.5) is 5.69 Å². The fraction of sp³-hybridized carbons (Fsp3) is 0.0435. The first-order valence-corrected chi connectivity index (χ1v) is 8.78. The number of nitrogen functional groups attached to an aromatic ring is 1. The first-order chi connectivity index (χ1) is 13.7. The van der Waals surface area contributed by atoms with E-state index in [2.05, 4.69) is 6.07 Å². The van der Waals surface area contributed by atoms with E-state index in [1.807, 2.05) is 42.5 Å². The molecule has 136 valence electrons. The van der Waals surface area contributed by atoms with Crippen molar-refractivity contribution in [1.29, 1.82) is 5.26 Å². The van der Waals surface area contributed by atoms with Gasteiger partial charge in [0.05, 0.1) is 11.3 Å². The summed E-state index contributed by atoms with van der Waals surface area (Å²) in [5, 5.41) is 9.31. The number of carbonyl (C=O) groups excluding carboxylic acids is 1. The number of benzene rings is 2. The average Bonchev–Trinajstić information content (AvgIpc) is 3.20. The number of ether oxygens (including phenoxy) is 1. The third kappa shape index (κ3) is 3.19. The maximum atomic E-state index is 13.1. The number of pyridine rings is 1. The van der Waals surface area contributed by atoms with E-state index < -0.39 is 0 Å². The minimum absolute atomic E-state index is 0.181. The number of ketones is 1. The van der Waals surface area contributed by atoms with Gasteiger partial charge in [0.2, 0.25) is 5.78 Å². The van der Waals surface area contributed by atoms with E-state index in [0.29, 0.717) is 17.9 Å². The van der Waals surface area contributed by atoms with Crippen LogP contribution in [0.3, 0.4) is 0 Å². The lowest BCUT2D eigenvalue weighted by Gasteiger charge is -2.11. The van der Waals surface area contributed by atoms with Gasteiger partial charge in [-0.05, 0) is 48.0 Å². The standard InChI is InChI=1S/C23H17N3O2/c24-14-18-13-19-7-4-12-26(19)22(21(18)25)23(27)17-8-10-20(11-9-17)28-15-16-5-2-1-3-6-16/h1-13H,15,25H2. The van der Waals surface area contributed by atoms with Gasteiger partial charge in [0, 0.05) is 17.3 Å². The van der Waals surface area contributed by atoms with Crippen LogP contribution in [-0.4, -0.2) is 10.2 Å². The summed E-state index contributed by atoms with van der Waals surface area (Å²) < 4.78 is 7.47. The van der Waals surface area contributed by atoms with E-state index in [1.54, 1.807) is 40.9 Å². The van der Waals surface area contributed by atoms with Crippen LogP contribution in [0, 0.1) is 11.3 Å². The Bertz CT molecular complexity index is 1190. The number of nitriles is 1. The Hall–Kier alpha value is -4.04. The zero-order valence-electron chi connectivity index (χ0n) is 15.0. The lowest BCUT2D eigenvalue weighted by atomic mass is 10.0. The number of hydrogen-bond acceptors (Lipinski definition) is 4. The highest BCUT2D eigenvalue weighted by atomic mass is 16.5. The Labute approximate surface area is 162 Å². The molecule has 4 aromatic rings. The monoisotopic (exact) mass is 367 g/mol. The maximum absolute atomic E-state index is 13.1. The molecule has 28 heavy (non-hydrogen) atoms. The van der Waals surface area contributed by atoms with Crippen LogP contribution < -0.4 is 10.5 Å². The molecule has 0 aliphatic carbocycles. The van der Waals surface area contributed by atoms with Crippen molar-refractivity contribution in [1.82, 2.24) is 4.40 Å². The Morgan fingerprint density at radius 2 is 1.79 bits per heavy atom. The molecule has 0 saturated carbocycles. The molecule has 5 heteroatoms. The average molecular weight is 367 g/mol. The second-order valence-electron chi connectivity index (χ2n) is 6.36. The van der Waals surface area contributed by atoms with Crippen LogP contribution in [0.1, 0.15) is 27.2 Å². The summed E-state index contributed by atoms with van der Waals surface area (Å²) in [4.78, 5) is 13.1. The van der Waals surface area contributed by atoms with Crippen LogP contribution in [0.5, 0.6) is 5.75 Å². The summed E-state index contributed by atoms with van der Waals surface area (Å²) in [6.45, 7) is 0.454. The van der Waals surface area contributed by atoms with Gasteiger partial charge in [-0.3, -0.25) is 4.79 Å². The third-order valence-corrected chi connectivity index (χ3v) is 4.56. The molecule has 2 N–H and O–H groups in total. The molecule has 0 atom stereocenters. The molecule has 4 rings (SSSR count). The molecule has 0 radical (unpaired) electrons. The van der Waals surface area contributed by atoms with Gasteiger partial charge in [0.25, 0.3) is 0 Å². The molecule has 5 nitrogen and oxygen atoms in total. The number of fused-ring (bicyclic) bond motifs is 1. The highest BCUT2D eigenvalue weighted by Crippen LogP contribution is 2.25. The number of carbonyl (C=O) groups is 1. The second-order valence-corrected chi connectivity index (χ2v) is 6.36. The lowest BCUT2D eigenvalue weighted by Crippen LogP contribution is -2.12. The predicted molar refractivity (Wildman–Crippen MR) is 107 cm³/mol. The van der Waals surface area contributed by atoms with Gasteiger partial charge in [-0.15, -0.1) is 0 Å². The number of aromatic nitrogens is 1. The largest absolute Gasteiger partial charge is 0.489 e. The lowest BCUT2D eigenvalue weighted by molar-refractivity contribution is 0.103. The molecule has 0 fully saturated rings. The van der Waals surface area contributed by atoms with Gasteiger partial charge in [0.15, 0.2) is 0 Å². The Kier molecular flexibility index (Phi) is 4.53. The smallest absolute Gasteiger partial charge is 0.211 e. The number of anilines is 1. The van der Waals surface area contributed by atoms with E-state index in [4.69, 9.17) is 10.5 Å². The zero-order valence-corrected chi connectivity index (χ0v) is 15.0. The minimum atomic E-state index is -0.245. The SMILES string of the molecule is N#Cc1cc2cccn2c(C(=O)c2ccc(OCc3ccccc3)cc2)c1N. The Morgan fingerprint density at radius 3 is 2.50 bits per heavy atom. The van der Waals surface area contributed by atoms with Crippen molar-refractivity contribution in [2.75, 3.05) is 5.73 Å². The molecule has 2 aromatic heterocycles. The Morgan fingerprint density at radius 1 is 1.04 bits per heavy atom. The van der Waals surface area contributed by atoms with E-state index in [0.717, 1.165) is 11.1 Å². The minimum Gasteiger partial charge on any atom is -0.489 e. The summed E-state index contributed by atoms with van der Waals surface area (Å²) in [5.41, 5.74) is 9.16. The van der Waals surface area contributed by atoms with Gasteiger partial charge in [-0.25, -0.2) is 0 Å². The van der Waals surface area contributed by atoms with Crippen LogP contribution in [0.15, 0.2) is 79.0 Å². The highest BCUT2D eigenvalue weighted by molar-refractivity contribution is 6.12. The van der Waals surface area contributed by atoms with E-state index in [-0.39, 0.29) is 22.7 Å². The van der Waals surface area contributed by atoms with Gasteiger partial charge in [0.1, 0.15) is 24.1 Å².